The molecule has 0 atom stereocenters. The van der Waals surface area contributed by atoms with E-state index in [0.717, 1.165) is 85.7 Å². The number of pyridine rings is 1. The number of halogens is 1. The SMILES string of the molecule is Cc1cn(CO)c2nccc(-c3c(-c4ccc5cc(F)sc5c4)nn4c3CNCC4)c12. The molecular formula is C23H20FN5OS. The van der Waals surface area contributed by atoms with E-state index in [4.69, 9.17) is 5.10 Å². The molecular weight excluding hydrogens is 413 g/mol. The summed E-state index contributed by atoms with van der Waals surface area (Å²) in [6.45, 7) is 4.30. The topological polar surface area (TPSA) is 67.9 Å². The summed E-state index contributed by atoms with van der Waals surface area (Å²) in [6.07, 6.45) is 3.71. The third-order valence-corrected chi connectivity index (χ3v) is 6.87. The van der Waals surface area contributed by atoms with Gasteiger partial charge in [-0.2, -0.15) is 9.49 Å². The summed E-state index contributed by atoms with van der Waals surface area (Å²) < 4.78 is 18.5. The second-order valence-electron chi connectivity index (χ2n) is 7.85. The molecule has 5 heterocycles. The molecule has 6 rings (SSSR count). The molecule has 1 aliphatic heterocycles. The summed E-state index contributed by atoms with van der Waals surface area (Å²) in [6, 6.07) is 9.60. The number of hydrogen-bond acceptors (Lipinski definition) is 5. The third-order valence-electron chi connectivity index (χ3n) is 5.98. The Balaban J connectivity index is 1.66. The Hall–Kier alpha value is -3.07. The van der Waals surface area contributed by atoms with Crippen molar-refractivity contribution in [1.29, 1.82) is 0 Å². The number of rotatable bonds is 3. The minimum Gasteiger partial charge on any atom is -0.376 e. The van der Waals surface area contributed by atoms with Crippen LogP contribution < -0.4 is 5.32 Å². The number of nitrogens with zero attached hydrogens (tertiary/aromatic N) is 4. The molecule has 0 amide bonds. The van der Waals surface area contributed by atoms with E-state index in [9.17, 15) is 9.50 Å². The molecule has 31 heavy (non-hydrogen) atoms. The minimum absolute atomic E-state index is 0.123. The molecule has 2 N–H and O–H groups in total. The molecule has 156 valence electrons. The van der Waals surface area contributed by atoms with E-state index in [2.05, 4.69) is 15.0 Å². The first kappa shape index (κ1) is 18.7. The van der Waals surface area contributed by atoms with E-state index in [0.29, 0.717) is 0 Å². The largest absolute Gasteiger partial charge is 0.376 e. The molecule has 0 saturated heterocycles. The average Bonchev–Trinajstić information content (AvgIpc) is 3.45. The van der Waals surface area contributed by atoms with Gasteiger partial charge in [-0.3, -0.25) is 4.68 Å². The number of aliphatic hydroxyl groups excluding tert-OH is 1. The summed E-state index contributed by atoms with van der Waals surface area (Å²) in [4.78, 5) is 4.52. The number of thiophene rings is 1. The van der Waals surface area contributed by atoms with Crippen LogP contribution in [-0.2, 0) is 19.8 Å². The molecule has 6 nitrogen and oxygen atoms in total. The highest BCUT2D eigenvalue weighted by Gasteiger charge is 2.25. The number of fused-ring (bicyclic) bond motifs is 3. The lowest BCUT2D eigenvalue weighted by atomic mass is 9.95. The first-order valence-corrected chi connectivity index (χ1v) is 11.0. The van der Waals surface area contributed by atoms with Gasteiger partial charge in [0.15, 0.2) is 5.13 Å². The maximum atomic E-state index is 13.8. The molecule has 1 aromatic carbocycles. The molecule has 0 radical (unpaired) electrons. The lowest BCUT2D eigenvalue weighted by Crippen LogP contribution is -2.28. The van der Waals surface area contributed by atoms with Gasteiger partial charge < -0.3 is 15.0 Å². The molecule has 1 aliphatic rings. The predicted octanol–water partition coefficient (Wildman–Crippen LogP) is 4.28. The quantitative estimate of drug-likeness (QED) is 0.446. The first-order chi connectivity index (χ1) is 15.1. The highest BCUT2D eigenvalue weighted by atomic mass is 32.1. The number of nitrogens with one attached hydrogen (secondary N) is 1. The fourth-order valence-corrected chi connectivity index (χ4v) is 5.44. The van der Waals surface area contributed by atoms with Gasteiger partial charge in [0.1, 0.15) is 18.1 Å². The maximum absolute atomic E-state index is 13.8. The van der Waals surface area contributed by atoms with Crippen LogP contribution >= 0.6 is 11.3 Å². The molecule has 0 saturated carbocycles. The summed E-state index contributed by atoms with van der Waals surface area (Å²) in [5, 5.41) is 19.9. The Bertz CT molecular complexity index is 1460. The van der Waals surface area contributed by atoms with Crippen molar-refractivity contribution in [2.45, 2.75) is 26.7 Å². The van der Waals surface area contributed by atoms with Crippen LogP contribution in [0.2, 0.25) is 0 Å². The van der Waals surface area contributed by atoms with Crippen molar-refractivity contribution < 1.29 is 9.50 Å². The highest BCUT2D eigenvalue weighted by Crippen LogP contribution is 2.41. The third kappa shape index (κ3) is 2.83. The van der Waals surface area contributed by atoms with Crippen molar-refractivity contribution >= 4 is 32.5 Å². The normalized spacial score (nSPS) is 13.9. The molecule has 8 heteroatoms. The number of hydrogen-bond donors (Lipinski definition) is 2. The molecule has 4 aromatic heterocycles. The predicted molar refractivity (Wildman–Crippen MR) is 120 cm³/mol. The second-order valence-corrected chi connectivity index (χ2v) is 8.89. The van der Waals surface area contributed by atoms with Crippen LogP contribution in [0.5, 0.6) is 0 Å². The van der Waals surface area contributed by atoms with Crippen LogP contribution in [0.25, 0.3) is 43.5 Å². The van der Waals surface area contributed by atoms with Gasteiger partial charge in [-0.05, 0) is 41.6 Å². The van der Waals surface area contributed by atoms with E-state index in [1.165, 1.54) is 0 Å². The van der Waals surface area contributed by atoms with Gasteiger partial charge in [0.25, 0.3) is 0 Å². The Morgan fingerprint density at radius 3 is 3.03 bits per heavy atom. The van der Waals surface area contributed by atoms with Gasteiger partial charge in [0.2, 0.25) is 0 Å². The molecule has 0 spiro atoms. The Morgan fingerprint density at radius 2 is 2.16 bits per heavy atom. The summed E-state index contributed by atoms with van der Waals surface area (Å²) in [5.74, 6) is 0. The van der Waals surface area contributed by atoms with Crippen LogP contribution in [0.4, 0.5) is 4.39 Å². The standard InChI is InChI=1S/C23H20FN5OS/c1-13-11-28(12-30)23-20(13)16(4-5-26-23)21-17-10-25-6-7-29(17)27-22(21)15-3-2-14-9-19(24)31-18(14)8-15/h2-5,8-9,11,25,30H,6-7,10,12H2,1H3. The van der Waals surface area contributed by atoms with Crippen molar-refractivity contribution in [2.75, 3.05) is 6.54 Å². The van der Waals surface area contributed by atoms with Crippen molar-refractivity contribution in [2.24, 2.45) is 0 Å². The van der Waals surface area contributed by atoms with Gasteiger partial charge in [-0.25, -0.2) is 4.98 Å². The molecule has 0 aliphatic carbocycles. The van der Waals surface area contributed by atoms with E-state index in [1.807, 2.05) is 37.4 Å². The van der Waals surface area contributed by atoms with Crippen molar-refractivity contribution in [3.05, 3.63) is 59.1 Å². The van der Waals surface area contributed by atoms with Crippen molar-refractivity contribution in [1.82, 2.24) is 24.6 Å². The smallest absolute Gasteiger partial charge is 0.177 e. The number of aryl methyl sites for hydroxylation is 1. The van der Waals surface area contributed by atoms with E-state index < -0.39 is 0 Å². The first-order valence-electron chi connectivity index (χ1n) is 10.2. The van der Waals surface area contributed by atoms with Crippen LogP contribution in [0, 0.1) is 12.1 Å². The fourth-order valence-electron chi connectivity index (χ4n) is 4.62. The number of aromatic nitrogens is 4. The van der Waals surface area contributed by atoms with E-state index in [1.54, 1.807) is 16.8 Å². The lowest BCUT2D eigenvalue weighted by molar-refractivity contribution is 0.214. The van der Waals surface area contributed by atoms with Crippen LogP contribution in [0.3, 0.4) is 0 Å². The number of aliphatic hydroxyl groups is 1. The maximum Gasteiger partial charge on any atom is 0.177 e. The van der Waals surface area contributed by atoms with E-state index in [-0.39, 0.29) is 11.9 Å². The summed E-state index contributed by atoms with van der Waals surface area (Å²) in [7, 11) is 0. The van der Waals surface area contributed by atoms with Gasteiger partial charge in [0.05, 0.1) is 12.2 Å². The van der Waals surface area contributed by atoms with Crippen molar-refractivity contribution in [3.8, 4) is 22.4 Å². The van der Waals surface area contributed by atoms with Gasteiger partial charge in [-0.15, -0.1) is 11.3 Å². The van der Waals surface area contributed by atoms with Gasteiger partial charge in [-0.1, -0.05) is 12.1 Å². The van der Waals surface area contributed by atoms with Crippen LogP contribution in [0.1, 0.15) is 11.3 Å². The van der Waals surface area contributed by atoms with E-state index >= 15 is 0 Å². The Labute approximate surface area is 181 Å². The molecule has 0 bridgehead atoms. The average molecular weight is 434 g/mol. The van der Waals surface area contributed by atoms with Crippen LogP contribution in [0.15, 0.2) is 42.7 Å². The van der Waals surface area contributed by atoms with Crippen molar-refractivity contribution in [3.63, 3.8) is 0 Å². The monoisotopic (exact) mass is 433 g/mol. The van der Waals surface area contributed by atoms with Crippen LogP contribution in [-0.4, -0.2) is 31.0 Å². The minimum atomic E-state index is -0.183. The zero-order valence-electron chi connectivity index (χ0n) is 16.9. The van der Waals surface area contributed by atoms with Gasteiger partial charge in [0, 0.05) is 46.7 Å². The Morgan fingerprint density at radius 1 is 1.26 bits per heavy atom. The summed E-state index contributed by atoms with van der Waals surface area (Å²) >= 11 is 1.15. The Kier molecular flexibility index (Phi) is 4.21. The highest BCUT2D eigenvalue weighted by molar-refractivity contribution is 7.17. The van der Waals surface area contributed by atoms with Gasteiger partial charge >= 0.3 is 0 Å². The zero-order valence-corrected chi connectivity index (χ0v) is 17.7. The second kappa shape index (κ2) is 6.98. The molecule has 5 aromatic rings. The lowest BCUT2D eigenvalue weighted by Gasteiger charge is -2.16. The molecule has 0 fully saturated rings. The summed E-state index contributed by atoms with van der Waals surface area (Å²) in [5.41, 5.74) is 6.90. The fraction of sp³-hybridized carbons (Fsp3) is 0.217. The zero-order chi connectivity index (χ0) is 21.1. The number of benzene rings is 1. The molecule has 0 unspecified atom stereocenters.